The van der Waals surface area contributed by atoms with Gasteiger partial charge in [0.1, 0.15) is 0 Å². The van der Waals surface area contributed by atoms with Crippen molar-refractivity contribution in [1.29, 1.82) is 0 Å². The highest BCUT2D eigenvalue weighted by atomic mass is 31.2. The predicted molar refractivity (Wildman–Crippen MR) is 104 cm³/mol. The molecule has 0 unspecified atom stereocenters. The highest BCUT2D eigenvalue weighted by Crippen LogP contribution is 2.49. The number of hydrogen-bond donors (Lipinski definition) is 0. The molecule has 0 N–H and O–H groups in total. The summed E-state index contributed by atoms with van der Waals surface area (Å²) < 4.78 is 24.0. The zero-order chi connectivity index (χ0) is 17.5. The van der Waals surface area contributed by atoms with Crippen molar-refractivity contribution in [3.05, 3.63) is 42.0 Å². The van der Waals surface area contributed by atoms with Crippen LogP contribution in [0.3, 0.4) is 0 Å². The first-order valence-corrected chi connectivity index (χ1v) is 11.0. The van der Waals surface area contributed by atoms with Gasteiger partial charge >= 0.3 is 7.60 Å². The lowest BCUT2D eigenvalue weighted by Gasteiger charge is -2.18. The van der Waals surface area contributed by atoms with E-state index in [1.54, 1.807) is 0 Å². The van der Waals surface area contributed by atoms with E-state index in [0.717, 1.165) is 44.9 Å². The number of allylic oxidation sites excluding steroid dienone is 1. The molecule has 0 atom stereocenters. The molecule has 1 rings (SSSR count). The first kappa shape index (κ1) is 21.2. The van der Waals surface area contributed by atoms with Crippen LogP contribution in [0.4, 0.5) is 0 Å². The van der Waals surface area contributed by atoms with E-state index in [2.05, 4.69) is 38.1 Å². The molecule has 0 saturated heterocycles. The van der Waals surface area contributed by atoms with Gasteiger partial charge in [-0.3, -0.25) is 4.57 Å². The van der Waals surface area contributed by atoms with Gasteiger partial charge in [0.05, 0.1) is 19.4 Å². The maximum Gasteiger partial charge on any atom is 0.330 e. The van der Waals surface area contributed by atoms with Crippen LogP contribution in [0.5, 0.6) is 0 Å². The third-order valence-corrected chi connectivity index (χ3v) is 5.75. The summed E-state index contributed by atoms with van der Waals surface area (Å²) in [4.78, 5) is 0. The molecular formula is C20H33O3P. The van der Waals surface area contributed by atoms with Gasteiger partial charge in [0.25, 0.3) is 0 Å². The van der Waals surface area contributed by atoms with Gasteiger partial charge in [0, 0.05) is 0 Å². The molecule has 3 nitrogen and oxygen atoms in total. The summed E-state index contributed by atoms with van der Waals surface area (Å²) in [7, 11) is -2.91. The van der Waals surface area contributed by atoms with Gasteiger partial charge < -0.3 is 9.05 Å². The SMILES string of the molecule is CCCCOP(=O)(CCCCC=Cc1ccccc1)OCCCC. The molecule has 0 aliphatic rings. The van der Waals surface area contributed by atoms with Crippen molar-refractivity contribution in [3.63, 3.8) is 0 Å². The van der Waals surface area contributed by atoms with Crippen LogP contribution in [0.15, 0.2) is 36.4 Å². The number of rotatable bonds is 14. The molecule has 0 radical (unpaired) electrons. The minimum absolute atomic E-state index is 0.527. The molecule has 0 fully saturated rings. The van der Waals surface area contributed by atoms with Crippen molar-refractivity contribution >= 4 is 13.7 Å². The normalized spacial score (nSPS) is 12.1. The minimum Gasteiger partial charge on any atom is -0.309 e. The van der Waals surface area contributed by atoms with Crippen LogP contribution < -0.4 is 0 Å². The van der Waals surface area contributed by atoms with Crippen molar-refractivity contribution in [1.82, 2.24) is 0 Å². The Morgan fingerprint density at radius 2 is 1.54 bits per heavy atom. The standard InChI is InChI=1S/C20H33O3P/c1-3-5-17-22-24(21,23-18-6-4-2)19-13-8-7-10-14-20-15-11-9-12-16-20/h9-12,14-16H,3-8,13,17-19H2,1-2H3. The van der Waals surface area contributed by atoms with Gasteiger partial charge in [-0.25, -0.2) is 0 Å². The zero-order valence-corrected chi connectivity index (χ0v) is 16.2. The van der Waals surface area contributed by atoms with E-state index in [1.807, 2.05) is 18.2 Å². The zero-order valence-electron chi connectivity index (χ0n) is 15.3. The summed E-state index contributed by atoms with van der Waals surface area (Å²) in [6, 6.07) is 10.3. The molecule has 0 aromatic heterocycles. The second-order valence-corrected chi connectivity index (χ2v) is 8.20. The van der Waals surface area contributed by atoms with Gasteiger partial charge in [0.15, 0.2) is 0 Å². The summed E-state index contributed by atoms with van der Waals surface area (Å²) in [6.45, 7) is 5.28. The second-order valence-electron chi connectivity index (χ2n) is 6.02. The fourth-order valence-electron chi connectivity index (χ4n) is 2.21. The lowest BCUT2D eigenvalue weighted by molar-refractivity contribution is 0.199. The minimum atomic E-state index is -2.91. The van der Waals surface area contributed by atoms with Crippen LogP contribution >= 0.6 is 7.60 Å². The average Bonchev–Trinajstić information content (AvgIpc) is 2.59. The van der Waals surface area contributed by atoms with Crippen LogP contribution in [-0.4, -0.2) is 19.4 Å². The third-order valence-electron chi connectivity index (χ3n) is 3.73. The lowest BCUT2D eigenvalue weighted by Crippen LogP contribution is -2.03. The average molecular weight is 352 g/mol. The van der Waals surface area contributed by atoms with E-state index in [-0.39, 0.29) is 0 Å². The van der Waals surface area contributed by atoms with Gasteiger partial charge in [-0.15, -0.1) is 0 Å². The molecule has 136 valence electrons. The Morgan fingerprint density at radius 3 is 2.12 bits per heavy atom. The molecule has 1 aromatic rings. The molecule has 0 saturated carbocycles. The summed E-state index contributed by atoms with van der Waals surface area (Å²) >= 11 is 0. The Hall–Kier alpha value is -0.890. The van der Waals surface area contributed by atoms with Gasteiger partial charge in [-0.2, -0.15) is 0 Å². The van der Waals surface area contributed by atoms with E-state index in [4.69, 9.17) is 9.05 Å². The highest BCUT2D eigenvalue weighted by Gasteiger charge is 2.23. The number of unbranched alkanes of at least 4 members (excludes halogenated alkanes) is 4. The highest BCUT2D eigenvalue weighted by molar-refractivity contribution is 7.53. The molecular weight excluding hydrogens is 319 g/mol. The topological polar surface area (TPSA) is 35.5 Å². The number of benzene rings is 1. The second kappa shape index (κ2) is 13.4. The van der Waals surface area contributed by atoms with Crippen LogP contribution in [0.1, 0.15) is 64.4 Å². The van der Waals surface area contributed by atoms with Crippen LogP contribution in [-0.2, 0) is 13.6 Å². The van der Waals surface area contributed by atoms with E-state index >= 15 is 0 Å². The molecule has 24 heavy (non-hydrogen) atoms. The molecule has 4 heteroatoms. The van der Waals surface area contributed by atoms with Crippen molar-refractivity contribution in [2.24, 2.45) is 0 Å². The van der Waals surface area contributed by atoms with Crippen molar-refractivity contribution in [2.45, 2.75) is 58.8 Å². The van der Waals surface area contributed by atoms with Crippen LogP contribution in [0, 0.1) is 0 Å². The smallest absolute Gasteiger partial charge is 0.309 e. The van der Waals surface area contributed by atoms with E-state index in [1.165, 1.54) is 5.56 Å². The van der Waals surface area contributed by atoms with Crippen molar-refractivity contribution in [3.8, 4) is 0 Å². The van der Waals surface area contributed by atoms with E-state index < -0.39 is 7.60 Å². The third kappa shape index (κ3) is 10.1. The fraction of sp³-hybridized carbons (Fsp3) is 0.600. The molecule has 0 aliphatic carbocycles. The molecule has 0 bridgehead atoms. The Balaban J connectivity index is 2.29. The summed E-state index contributed by atoms with van der Waals surface area (Å²) in [5.41, 5.74) is 1.22. The molecule has 1 aromatic carbocycles. The van der Waals surface area contributed by atoms with Crippen LogP contribution in [0.2, 0.25) is 0 Å². The quantitative estimate of drug-likeness (QED) is 0.276. The van der Waals surface area contributed by atoms with Gasteiger partial charge in [-0.05, 0) is 37.7 Å². The predicted octanol–water partition coefficient (Wildman–Crippen LogP) is 6.70. The lowest BCUT2D eigenvalue weighted by atomic mass is 10.2. The maximum absolute atomic E-state index is 12.8. The number of hydrogen-bond acceptors (Lipinski definition) is 3. The fourth-order valence-corrected chi connectivity index (χ4v) is 3.97. The summed E-state index contributed by atoms with van der Waals surface area (Å²) in [6.07, 6.45) is 11.6. The Morgan fingerprint density at radius 1 is 0.917 bits per heavy atom. The first-order chi connectivity index (χ1) is 11.7. The largest absolute Gasteiger partial charge is 0.330 e. The van der Waals surface area contributed by atoms with Gasteiger partial charge in [-0.1, -0.05) is 69.2 Å². The molecule has 0 spiro atoms. The molecule has 0 aliphatic heterocycles. The first-order valence-electron chi connectivity index (χ1n) is 9.30. The molecule has 0 amide bonds. The van der Waals surface area contributed by atoms with E-state index in [9.17, 15) is 4.57 Å². The van der Waals surface area contributed by atoms with E-state index in [0.29, 0.717) is 19.4 Å². The van der Waals surface area contributed by atoms with Crippen molar-refractivity contribution < 1.29 is 13.6 Å². The monoisotopic (exact) mass is 352 g/mol. The molecule has 0 heterocycles. The Bertz CT molecular complexity index is 471. The summed E-state index contributed by atoms with van der Waals surface area (Å²) in [5, 5.41) is 0. The summed E-state index contributed by atoms with van der Waals surface area (Å²) in [5.74, 6) is 0. The Kier molecular flexibility index (Phi) is 11.8. The maximum atomic E-state index is 12.8. The van der Waals surface area contributed by atoms with Crippen molar-refractivity contribution in [2.75, 3.05) is 19.4 Å². The Labute approximate surface area is 148 Å². The van der Waals surface area contributed by atoms with Crippen LogP contribution in [0.25, 0.3) is 6.08 Å². The van der Waals surface area contributed by atoms with Gasteiger partial charge in [0.2, 0.25) is 0 Å².